The zero-order valence-electron chi connectivity index (χ0n) is 19.8. The summed E-state index contributed by atoms with van der Waals surface area (Å²) in [5.41, 5.74) is 1.28. The molecule has 0 spiro atoms. The van der Waals surface area contributed by atoms with Gasteiger partial charge in [0, 0.05) is 45.0 Å². The molecule has 9 heteroatoms. The fourth-order valence-corrected chi connectivity index (χ4v) is 4.85. The second-order valence-electron chi connectivity index (χ2n) is 9.28. The van der Waals surface area contributed by atoms with Gasteiger partial charge in [-0.05, 0) is 37.0 Å². The molecule has 34 heavy (non-hydrogen) atoms. The molecule has 2 fully saturated rings. The third kappa shape index (κ3) is 5.81. The molecule has 2 aromatic rings. The smallest absolute Gasteiger partial charge is 0.227 e. The minimum atomic E-state index is -0.585. The number of amides is 3. The van der Waals surface area contributed by atoms with E-state index in [1.54, 1.807) is 4.90 Å². The number of carbonyl (C=O) groups excluding carboxylic acids is 3. The number of nitrogens with zero attached hydrogens (tertiary/aromatic N) is 3. The molecule has 2 aliphatic rings. The maximum atomic E-state index is 12.4. The molecule has 1 aromatic heterocycles. The molecular weight excluding hydrogens is 434 g/mol. The minimum absolute atomic E-state index is 0.104. The molecular formula is C25H33N5O4. The number of anilines is 1. The maximum Gasteiger partial charge on any atom is 0.227 e. The topological polar surface area (TPSA) is 117 Å². The minimum Gasteiger partial charge on any atom is -0.352 e. The molecule has 1 saturated carbocycles. The van der Waals surface area contributed by atoms with E-state index in [-0.39, 0.29) is 24.1 Å². The SMILES string of the molecule is CC(=O)NC1(c2noc(CCC(=O)NCc3ccc(N4CCCC4=O)cc3)n2)CCCCCC1. The largest absolute Gasteiger partial charge is 0.352 e. The van der Waals surface area contributed by atoms with Crippen molar-refractivity contribution in [2.24, 2.45) is 0 Å². The normalized spacial score (nSPS) is 17.9. The van der Waals surface area contributed by atoms with Crippen molar-refractivity contribution in [3.05, 3.63) is 41.5 Å². The van der Waals surface area contributed by atoms with E-state index >= 15 is 0 Å². The lowest BCUT2D eigenvalue weighted by atomic mass is 9.89. The van der Waals surface area contributed by atoms with Crippen LogP contribution < -0.4 is 15.5 Å². The predicted molar refractivity (Wildman–Crippen MR) is 126 cm³/mol. The molecule has 3 amide bonds. The summed E-state index contributed by atoms with van der Waals surface area (Å²) in [4.78, 5) is 42.4. The molecule has 1 saturated heterocycles. The molecule has 1 aliphatic carbocycles. The van der Waals surface area contributed by atoms with Gasteiger partial charge >= 0.3 is 0 Å². The van der Waals surface area contributed by atoms with E-state index in [9.17, 15) is 14.4 Å². The first-order valence-corrected chi connectivity index (χ1v) is 12.2. The van der Waals surface area contributed by atoms with E-state index in [1.165, 1.54) is 6.92 Å². The summed E-state index contributed by atoms with van der Waals surface area (Å²) in [7, 11) is 0. The number of rotatable bonds is 8. The first kappa shape index (κ1) is 23.9. The summed E-state index contributed by atoms with van der Waals surface area (Å²) >= 11 is 0. The van der Waals surface area contributed by atoms with Crippen LogP contribution >= 0.6 is 0 Å². The Bertz CT molecular complexity index is 1010. The van der Waals surface area contributed by atoms with E-state index in [2.05, 4.69) is 20.8 Å². The van der Waals surface area contributed by atoms with Crippen LogP contribution in [0.3, 0.4) is 0 Å². The Kier molecular flexibility index (Phi) is 7.59. The van der Waals surface area contributed by atoms with Gasteiger partial charge in [0.15, 0.2) is 5.82 Å². The Balaban J connectivity index is 1.28. The van der Waals surface area contributed by atoms with Crippen molar-refractivity contribution < 1.29 is 18.9 Å². The summed E-state index contributed by atoms with van der Waals surface area (Å²) in [6, 6.07) is 7.70. The van der Waals surface area contributed by atoms with Gasteiger partial charge in [-0.25, -0.2) is 0 Å². The Morgan fingerprint density at radius 3 is 2.47 bits per heavy atom. The van der Waals surface area contributed by atoms with Crippen LogP contribution in [-0.4, -0.2) is 34.4 Å². The van der Waals surface area contributed by atoms with Gasteiger partial charge in [0.25, 0.3) is 0 Å². The number of benzene rings is 1. The van der Waals surface area contributed by atoms with Gasteiger partial charge in [0.2, 0.25) is 23.6 Å². The maximum absolute atomic E-state index is 12.4. The molecule has 0 unspecified atom stereocenters. The van der Waals surface area contributed by atoms with Crippen molar-refractivity contribution in [2.75, 3.05) is 11.4 Å². The monoisotopic (exact) mass is 467 g/mol. The Morgan fingerprint density at radius 1 is 1.09 bits per heavy atom. The molecule has 2 N–H and O–H groups in total. The lowest BCUT2D eigenvalue weighted by Gasteiger charge is -2.30. The van der Waals surface area contributed by atoms with E-state index < -0.39 is 5.54 Å². The van der Waals surface area contributed by atoms with Gasteiger partial charge in [0.05, 0.1) is 0 Å². The molecule has 9 nitrogen and oxygen atoms in total. The second kappa shape index (κ2) is 10.8. The fourth-order valence-electron chi connectivity index (χ4n) is 4.85. The van der Waals surface area contributed by atoms with Crippen molar-refractivity contribution in [1.29, 1.82) is 0 Å². The third-order valence-corrected chi connectivity index (χ3v) is 6.65. The number of hydrogen-bond acceptors (Lipinski definition) is 6. The summed E-state index contributed by atoms with van der Waals surface area (Å²) in [6.45, 7) is 2.68. The zero-order valence-corrected chi connectivity index (χ0v) is 19.8. The summed E-state index contributed by atoms with van der Waals surface area (Å²) in [6.07, 6.45) is 7.91. The van der Waals surface area contributed by atoms with E-state index in [4.69, 9.17) is 4.52 Å². The number of nitrogens with one attached hydrogen (secondary N) is 2. The number of hydrogen-bond donors (Lipinski definition) is 2. The average Bonchev–Trinajstić information content (AvgIpc) is 3.41. The van der Waals surface area contributed by atoms with Crippen LogP contribution in [0, 0.1) is 0 Å². The highest BCUT2D eigenvalue weighted by Crippen LogP contribution is 2.34. The molecule has 0 radical (unpaired) electrons. The van der Waals surface area contributed by atoms with Gasteiger partial charge in [0.1, 0.15) is 5.54 Å². The van der Waals surface area contributed by atoms with Crippen LogP contribution in [0.5, 0.6) is 0 Å². The van der Waals surface area contributed by atoms with Crippen LogP contribution in [0.2, 0.25) is 0 Å². The average molecular weight is 468 g/mol. The molecule has 182 valence electrons. The molecule has 0 atom stereocenters. The summed E-state index contributed by atoms with van der Waals surface area (Å²) in [5, 5.41) is 10.1. The Morgan fingerprint density at radius 2 is 1.82 bits per heavy atom. The Hall–Kier alpha value is -3.23. The molecule has 4 rings (SSSR count). The number of aromatic nitrogens is 2. The predicted octanol–water partition coefficient (Wildman–Crippen LogP) is 3.13. The van der Waals surface area contributed by atoms with E-state index in [1.807, 2.05) is 24.3 Å². The highest BCUT2D eigenvalue weighted by atomic mass is 16.5. The lowest BCUT2D eigenvalue weighted by molar-refractivity contribution is -0.122. The zero-order chi connectivity index (χ0) is 24.0. The first-order valence-electron chi connectivity index (χ1n) is 12.2. The van der Waals surface area contributed by atoms with Gasteiger partial charge in [-0.1, -0.05) is 43.0 Å². The first-order chi connectivity index (χ1) is 16.4. The van der Waals surface area contributed by atoms with Crippen LogP contribution in [0.25, 0.3) is 0 Å². The van der Waals surface area contributed by atoms with Gasteiger partial charge in [-0.15, -0.1) is 0 Å². The van der Waals surface area contributed by atoms with Crippen molar-refractivity contribution in [3.63, 3.8) is 0 Å². The van der Waals surface area contributed by atoms with Gasteiger partial charge < -0.3 is 20.1 Å². The van der Waals surface area contributed by atoms with Crippen LogP contribution in [-0.2, 0) is 32.9 Å². The fraction of sp³-hybridized carbons (Fsp3) is 0.560. The highest BCUT2D eigenvalue weighted by molar-refractivity contribution is 5.95. The number of carbonyl (C=O) groups is 3. The molecule has 1 aliphatic heterocycles. The lowest BCUT2D eigenvalue weighted by Crippen LogP contribution is -2.45. The standard InChI is InChI=1S/C25H33N5O4/c1-18(31)28-25(14-4-2-3-5-15-25)24-27-22(34-29-24)13-12-21(32)26-17-19-8-10-20(11-9-19)30-16-6-7-23(30)33/h8-11H,2-7,12-17H2,1H3,(H,26,32)(H,28,31). The molecule has 2 heterocycles. The summed E-state index contributed by atoms with van der Waals surface area (Å²) in [5.74, 6) is 0.861. The van der Waals surface area contributed by atoms with Gasteiger partial charge in [-0.3, -0.25) is 14.4 Å². The third-order valence-electron chi connectivity index (χ3n) is 6.65. The quantitative estimate of drug-likeness (QED) is 0.576. The van der Waals surface area contributed by atoms with Crippen molar-refractivity contribution in [1.82, 2.24) is 20.8 Å². The van der Waals surface area contributed by atoms with Crippen molar-refractivity contribution in [2.45, 2.75) is 83.2 Å². The van der Waals surface area contributed by atoms with Crippen LogP contribution in [0.4, 0.5) is 5.69 Å². The summed E-state index contributed by atoms with van der Waals surface area (Å²) < 4.78 is 5.42. The Labute approximate surface area is 199 Å². The van der Waals surface area contributed by atoms with Crippen molar-refractivity contribution in [3.8, 4) is 0 Å². The van der Waals surface area contributed by atoms with Crippen LogP contribution in [0.1, 0.15) is 82.0 Å². The molecule has 0 bridgehead atoms. The second-order valence-corrected chi connectivity index (χ2v) is 9.28. The van der Waals surface area contributed by atoms with Crippen LogP contribution in [0.15, 0.2) is 28.8 Å². The van der Waals surface area contributed by atoms with E-state index in [0.29, 0.717) is 31.1 Å². The number of aryl methyl sites for hydroxylation is 1. The van der Waals surface area contributed by atoms with Gasteiger partial charge in [-0.2, -0.15) is 4.98 Å². The van der Waals surface area contributed by atoms with E-state index in [0.717, 1.165) is 62.7 Å². The van der Waals surface area contributed by atoms with Crippen molar-refractivity contribution >= 4 is 23.4 Å². The molecule has 1 aromatic carbocycles. The highest BCUT2D eigenvalue weighted by Gasteiger charge is 2.38.